The number of amides is 5. The highest BCUT2D eigenvalue weighted by atomic mass is 35.5. The fourth-order valence-corrected chi connectivity index (χ4v) is 15.0. The normalized spacial score (nSPS) is 16.0. The Bertz CT molecular complexity index is 4690. The van der Waals surface area contributed by atoms with Gasteiger partial charge in [-0.3, -0.25) is 14.4 Å². The Morgan fingerprint density at radius 2 is 0.757 bits per heavy atom. The maximum absolute atomic E-state index is 12.9. The zero-order chi connectivity index (χ0) is 78.8. The van der Waals surface area contributed by atoms with E-state index in [0.29, 0.717) is 97.8 Å². The number of halogens is 1. The minimum atomic E-state index is -0.499. The molecule has 0 unspecified atom stereocenters. The molecule has 9 aromatic heterocycles. The number of hydrogen-bond acceptors (Lipinski definition) is 23. The molecule has 3 aliphatic carbocycles. The van der Waals surface area contributed by atoms with Crippen LogP contribution in [0.1, 0.15) is 198 Å². The molecule has 5 N–H and O–H groups in total. The van der Waals surface area contributed by atoms with Crippen molar-refractivity contribution in [2.24, 2.45) is 0 Å². The summed E-state index contributed by atoms with van der Waals surface area (Å²) in [6, 6.07) is 18.3. The lowest BCUT2D eigenvalue weighted by Crippen LogP contribution is -2.50. The van der Waals surface area contributed by atoms with Crippen molar-refractivity contribution in [1.29, 1.82) is 0 Å². The van der Waals surface area contributed by atoms with Crippen LogP contribution in [-0.4, -0.2) is 245 Å². The van der Waals surface area contributed by atoms with Gasteiger partial charge in [-0.05, 0) is 146 Å². The highest BCUT2D eigenvalue weighted by Crippen LogP contribution is 2.39. The van der Waals surface area contributed by atoms with E-state index in [1.54, 1.807) is 97.6 Å². The summed E-state index contributed by atoms with van der Waals surface area (Å²) in [6.45, 7) is 20.7. The van der Waals surface area contributed by atoms with Crippen molar-refractivity contribution >= 4 is 121 Å². The Morgan fingerprint density at radius 3 is 1.07 bits per heavy atom. The number of piperazine rings is 3. The summed E-state index contributed by atoms with van der Waals surface area (Å²) in [5.74, 6) is 2.73. The molecule has 3 saturated heterocycles. The van der Waals surface area contributed by atoms with Gasteiger partial charge in [0.05, 0.1) is 35.7 Å². The fourth-order valence-electron chi connectivity index (χ4n) is 14.9. The van der Waals surface area contributed by atoms with Gasteiger partial charge in [0.25, 0.3) is 17.7 Å². The van der Waals surface area contributed by atoms with Gasteiger partial charge in [-0.1, -0.05) is 68.2 Å². The number of aromatic nitrogens is 12. The van der Waals surface area contributed by atoms with Gasteiger partial charge in [0.15, 0.2) is 0 Å². The van der Waals surface area contributed by atoms with Gasteiger partial charge < -0.3 is 84.1 Å². The second-order valence-electron chi connectivity index (χ2n) is 31.6. The Balaban J connectivity index is 0.000000197. The molecule has 31 nitrogen and oxygen atoms in total. The maximum atomic E-state index is 12.9. The maximum Gasteiger partial charge on any atom is 0.410 e. The smallest absolute Gasteiger partial charge is 0.410 e. The van der Waals surface area contributed by atoms with Crippen LogP contribution >= 0.6 is 11.6 Å². The van der Waals surface area contributed by atoms with E-state index in [1.807, 2.05) is 96.4 Å². The topological polar surface area (TPSA) is 323 Å². The first-order valence-corrected chi connectivity index (χ1v) is 39.0. The number of anilines is 8. The van der Waals surface area contributed by atoms with E-state index in [1.165, 1.54) is 25.7 Å². The van der Waals surface area contributed by atoms with Crippen molar-refractivity contribution in [2.45, 2.75) is 178 Å². The molecule has 9 aromatic rings. The average Bonchev–Trinajstić information content (AvgIpc) is 1.63. The molecule has 5 amide bonds. The molecule has 6 aliphatic rings. The third kappa shape index (κ3) is 22.5. The molecule has 32 heteroatoms. The molecule has 0 bridgehead atoms. The molecule has 6 fully saturated rings. The fraction of sp³-hybridized carbons (Fsp3) is 0.542. The summed E-state index contributed by atoms with van der Waals surface area (Å²) in [7, 11) is 10.6. The molecule has 115 heavy (non-hydrogen) atoms. The van der Waals surface area contributed by atoms with E-state index in [0.717, 1.165) is 141 Å². The average molecular weight is 1600 g/mol. The first-order chi connectivity index (χ1) is 53.1. The van der Waals surface area contributed by atoms with Crippen molar-refractivity contribution < 1.29 is 33.4 Å². The number of nitrogens with two attached hydrogens (primary N) is 1. The summed E-state index contributed by atoms with van der Waals surface area (Å²) in [4.78, 5) is 118. The zero-order valence-electron chi connectivity index (χ0n) is 66.1. The molecule has 0 atom stereocenters. The van der Waals surface area contributed by atoms with Crippen LogP contribution in [0.25, 0.3) is 33.1 Å². The van der Waals surface area contributed by atoms with Gasteiger partial charge in [0, 0.05) is 174 Å². The van der Waals surface area contributed by atoms with Crippen LogP contribution in [0, 0.1) is 0 Å². The number of carbonyl (C=O) groups excluding carboxylic acids is 5. The van der Waals surface area contributed by atoms with Gasteiger partial charge in [-0.15, -0.1) is 0 Å². The second kappa shape index (κ2) is 39.6. The van der Waals surface area contributed by atoms with E-state index in [4.69, 9.17) is 36.8 Å². The van der Waals surface area contributed by atoms with E-state index in [9.17, 15) is 24.0 Å². The summed E-state index contributed by atoms with van der Waals surface area (Å²) >= 11 is 5.92. The van der Waals surface area contributed by atoms with Crippen LogP contribution in [0.4, 0.5) is 56.0 Å². The van der Waals surface area contributed by atoms with Gasteiger partial charge in [-0.2, -0.15) is 15.0 Å². The number of rotatable bonds is 13. The predicted octanol–water partition coefficient (Wildman–Crippen LogP) is 14.4. The Morgan fingerprint density at radius 1 is 0.435 bits per heavy atom. The summed E-state index contributed by atoms with van der Waals surface area (Å²) < 4.78 is 17.1. The van der Waals surface area contributed by atoms with Gasteiger partial charge >= 0.3 is 12.2 Å². The number of fused-ring (bicyclic) bond motifs is 3. The second-order valence-corrected chi connectivity index (χ2v) is 32.0. The van der Waals surface area contributed by atoms with E-state index < -0.39 is 11.2 Å². The summed E-state index contributed by atoms with van der Waals surface area (Å²) in [6.07, 6.45) is 23.6. The van der Waals surface area contributed by atoms with Crippen molar-refractivity contribution in [1.82, 2.24) is 88.4 Å². The number of nitrogens with one attached hydrogen (secondary N) is 3. The largest absolute Gasteiger partial charge is 0.444 e. The predicted molar refractivity (Wildman–Crippen MR) is 460 cm³/mol. The van der Waals surface area contributed by atoms with Crippen LogP contribution in [0.15, 0.2) is 91.8 Å². The molecule has 0 spiro atoms. The van der Waals surface area contributed by atoms with Crippen LogP contribution in [-0.2, 0) is 9.47 Å². The number of carbonyl (C=O) groups is 5. The van der Waals surface area contributed by atoms with Crippen molar-refractivity contribution in [2.75, 3.05) is 152 Å². The lowest BCUT2D eigenvalue weighted by molar-refractivity contribution is 0.0230. The van der Waals surface area contributed by atoms with E-state index in [2.05, 4.69) is 85.3 Å². The van der Waals surface area contributed by atoms with Crippen LogP contribution < -0.4 is 36.4 Å². The summed E-state index contributed by atoms with van der Waals surface area (Å²) in [5, 5.41) is 12.6. The number of hydrogen-bond donors (Lipinski definition) is 4. The van der Waals surface area contributed by atoms with Crippen molar-refractivity contribution in [3.63, 3.8) is 0 Å². The Hall–Kier alpha value is -10.7. The van der Waals surface area contributed by atoms with E-state index in [-0.39, 0.29) is 70.9 Å². The highest BCUT2D eigenvalue weighted by molar-refractivity contribution is 6.28. The third-order valence-corrected chi connectivity index (χ3v) is 20.6. The molecule has 15 rings (SSSR count). The molecule has 624 valence electrons. The van der Waals surface area contributed by atoms with Gasteiger partial charge in [0.2, 0.25) is 17.2 Å². The molecular weight excluding hydrogens is 1480 g/mol. The number of nitrogen functional groups attached to an aromatic ring is 1. The van der Waals surface area contributed by atoms with Crippen molar-refractivity contribution in [3.05, 3.63) is 114 Å². The van der Waals surface area contributed by atoms with Crippen LogP contribution in [0.3, 0.4) is 0 Å². The van der Waals surface area contributed by atoms with Crippen LogP contribution in [0.2, 0.25) is 5.28 Å². The lowest BCUT2D eigenvalue weighted by atomic mass is 10.2. The third-order valence-electron chi connectivity index (χ3n) is 20.5. The quantitative estimate of drug-likeness (QED) is 0.0779. The molecule has 3 saturated carbocycles. The van der Waals surface area contributed by atoms with Gasteiger partial charge in [-0.25, -0.2) is 39.5 Å². The number of nitrogens with zero attached hydrogens (tertiary/aromatic N) is 20. The van der Waals surface area contributed by atoms with Crippen molar-refractivity contribution in [3.8, 4) is 0 Å². The van der Waals surface area contributed by atoms with Crippen LogP contribution in [0.5, 0.6) is 0 Å². The first-order valence-electron chi connectivity index (χ1n) is 38.7. The minimum absolute atomic E-state index is 0. The molecule has 0 aromatic carbocycles. The molecule has 0 radical (unpaired) electrons. The number of ether oxygens (including phenoxy) is 2. The Labute approximate surface area is 683 Å². The first kappa shape index (κ1) is 89.9. The van der Waals surface area contributed by atoms with E-state index >= 15 is 0 Å². The highest BCUT2D eigenvalue weighted by Gasteiger charge is 2.33. The molecule has 3 aliphatic heterocycles. The summed E-state index contributed by atoms with van der Waals surface area (Å²) in [5.41, 5.74) is 12.1. The zero-order valence-corrected chi connectivity index (χ0v) is 66.9. The monoisotopic (exact) mass is 1600 g/mol. The Kier molecular flexibility index (Phi) is 30.9. The molecule has 12 heterocycles. The molecular formula is C83H123ClN24O7. The van der Waals surface area contributed by atoms with Gasteiger partial charge in [0.1, 0.15) is 62.7 Å². The minimum Gasteiger partial charge on any atom is -0.444 e. The number of pyridine rings is 3. The SMILES string of the molecule is C.C.C.C.CC(C)(C)OC(=O)N1CCN(c2ccc(N)nc2)CC1.CN(C)C(=O)c1cc2cnc(Cl)nc2n1C1CCCC1.CN(C)C(=O)c1cc2cnc(Nc3ccc(N4CCN(C(=O)OC(C)(C)C)CC4)cn3)nc2n1C1CCCC1.CN(C)C(=O)c1cc2cnc(Nc3ccc(N4CCNCC4)cn3)nc2n1C1CCCC1. The lowest BCUT2D eigenvalue weighted by Gasteiger charge is -2.36. The standard InChI is InChI=1S/C28H38N8O3.C23H30N8O.C14H17ClN4O.C14H22N4O2.4CH4/c1-28(2,3)39-27(38)35-14-12-34(13-15-35)21-10-11-23(29-18-21)31-26-30-17-19-16-22(25(37)33(4)5)36(24(19)32-26)20-8-6-7-9-20;1-29(2)22(32)19-13-16-14-26-23(28-21(16)31(19)17-5-3-4-6-17)27-20-8-7-18(15-25-20)30-11-9-24-10-12-30;1-18(2)13(20)11-7-9-8-16-14(15)17-12(9)19(11)10-5-3-4-6-10;1-14(2,3)20-13(19)18-8-6-17(7-9-18)11-4-5-12(15)16-10-11;;;;/h10-11,16-18,20H,6-9,12-15H2,1-5H3,(H,29,30,31,32);7-8,13-15,17,24H,3-6,9-12H2,1-2H3,(H,25,26,27,28);7-8,10H,3-6H2,1-2H3;4-5,10H,6-9H2,1-3H3,(H2,15,16);4*1H4.